The zero-order valence-corrected chi connectivity index (χ0v) is 10.8. The molecule has 0 saturated heterocycles. The lowest BCUT2D eigenvalue weighted by Crippen LogP contribution is -2.47. The van der Waals surface area contributed by atoms with Crippen LogP contribution in [0.2, 0.25) is 0 Å². The standard InChI is InChI=1S/C13H25NO3/c1-2-13(14,12(15)16)8-5-9-17-10-11-6-3-4-7-11/h11H,2-10,14H2,1H3,(H,15,16). The molecule has 1 saturated carbocycles. The number of ether oxygens (including phenoxy) is 1. The first kappa shape index (κ1) is 14.5. The van der Waals surface area contributed by atoms with Crippen molar-refractivity contribution in [2.45, 2.75) is 57.4 Å². The summed E-state index contributed by atoms with van der Waals surface area (Å²) < 4.78 is 5.59. The van der Waals surface area contributed by atoms with Gasteiger partial charge in [-0.1, -0.05) is 19.8 Å². The van der Waals surface area contributed by atoms with Gasteiger partial charge in [0, 0.05) is 13.2 Å². The van der Waals surface area contributed by atoms with E-state index in [1.165, 1.54) is 25.7 Å². The Morgan fingerprint density at radius 1 is 1.47 bits per heavy atom. The summed E-state index contributed by atoms with van der Waals surface area (Å²) in [6.45, 7) is 3.27. The molecule has 0 aromatic heterocycles. The van der Waals surface area contributed by atoms with Crippen molar-refractivity contribution in [3.05, 3.63) is 0 Å². The average Bonchev–Trinajstić information content (AvgIpc) is 2.81. The van der Waals surface area contributed by atoms with Gasteiger partial charge in [-0.25, -0.2) is 0 Å². The molecule has 1 unspecified atom stereocenters. The molecular formula is C13H25NO3. The number of nitrogens with two attached hydrogens (primary N) is 1. The first-order valence-electron chi connectivity index (χ1n) is 6.68. The van der Waals surface area contributed by atoms with Crippen LogP contribution in [0.5, 0.6) is 0 Å². The zero-order valence-electron chi connectivity index (χ0n) is 10.8. The second-order valence-corrected chi connectivity index (χ2v) is 5.14. The van der Waals surface area contributed by atoms with Crippen LogP contribution in [0.1, 0.15) is 51.9 Å². The Balaban J connectivity index is 2.08. The number of hydrogen-bond donors (Lipinski definition) is 2. The zero-order chi connectivity index (χ0) is 12.7. The minimum Gasteiger partial charge on any atom is -0.480 e. The van der Waals surface area contributed by atoms with Gasteiger partial charge in [-0.05, 0) is 38.0 Å². The van der Waals surface area contributed by atoms with Crippen molar-refractivity contribution < 1.29 is 14.6 Å². The van der Waals surface area contributed by atoms with E-state index in [0.717, 1.165) is 18.9 Å². The van der Waals surface area contributed by atoms with Gasteiger partial charge in [-0.15, -0.1) is 0 Å². The molecule has 3 N–H and O–H groups in total. The summed E-state index contributed by atoms with van der Waals surface area (Å²) in [5.74, 6) is -0.181. The van der Waals surface area contributed by atoms with E-state index < -0.39 is 11.5 Å². The largest absolute Gasteiger partial charge is 0.480 e. The molecule has 1 fully saturated rings. The minimum absolute atomic E-state index is 0.463. The van der Waals surface area contributed by atoms with E-state index in [9.17, 15) is 4.79 Å². The van der Waals surface area contributed by atoms with Crippen LogP contribution in [0.3, 0.4) is 0 Å². The lowest BCUT2D eigenvalue weighted by Gasteiger charge is -2.22. The molecule has 1 aliphatic carbocycles. The van der Waals surface area contributed by atoms with Crippen molar-refractivity contribution >= 4 is 5.97 Å². The first-order valence-corrected chi connectivity index (χ1v) is 6.68. The van der Waals surface area contributed by atoms with Crippen LogP contribution in [0, 0.1) is 5.92 Å². The van der Waals surface area contributed by atoms with Crippen LogP contribution in [-0.2, 0) is 9.53 Å². The van der Waals surface area contributed by atoms with Gasteiger partial charge in [-0.2, -0.15) is 0 Å². The van der Waals surface area contributed by atoms with E-state index in [4.69, 9.17) is 15.6 Å². The fourth-order valence-corrected chi connectivity index (χ4v) is 2.35. The van der Waals surface area contributed by atoms with Crippen LogP contribution in [-0.4, -0.2) is 29.8 Å². The summed E-state index contributed by atoms with van der Waals surface area (Å²) in [7, 11) is 0. The predicted molar refractivity (Wildman–Crippen MR) is 66.9 cm³/mol. The molecule has 4 heteroatoms. The maximum absolute atomic E-state index is 11.0. The van der Waals surface area contributed by atoms with Crippen LogP contribution in [0.15, 0.2) is 0 Å². The molecule has 0 bridgehead atoms. The fourth-order valence-electron chi connectivity index (χ4n) is 2.35. The first-order chi connectivity index (χ1) is 8.08. The van der Waals surface area contributed by atoms with Gasteiger partial charge in [0.15, 0.2) is 0 Å². The van der Waals surface area contributed by atoms with Crippen LogP contribution >= 0.6 is 0 Å². The maximum Gasteiger partial charge on any atom is 0.323 e. The maximum atomic E-state index is 11.0. The van der Waals surface area contributed by atoms with E-state index in [0.29, 0.717) is 19.4 Å². The molecule has 0 radical (unpaired) electrons. The smallest absolute Gasteiger partial charge is 0.323 e. The molecule has 17 heavy (non-hydrogen) atoms. The van der Waals surface area contributed by atoms with Gasteiger partial charge in [-0.3, -0.25) is 4.79 Å². The number of carboxylic acids is 1. The normalized spacial score (nSPS) is 20.4. The monoisotopic (exact) mass is 243 g/mol. The number of rotatable bonds is 8. The summed E-state index contributed by atoms with van der Waals surface area (Å²) in [4.78, 5) is 11.0. The number of hydrogen-bond acceptors (Lipinski definition) is 3. The highest BCUT2D eigenvalue weighted by atomic mass is 16.5. The lowest BCUT2D eigenvalue weighted by atomic mass is 9.92. The SMILES string of the molecule is CCC(N)(CCCOCC1CCCC1)C(=O)O. The number of aliphatic carboxylic acids is 1. The van der Waals surface area contributed by atoms with E-state index in [-0.39, 0.29) is 0 Å². The van der Waals surface area contributed by atoms with Crippen LogP contribution in [0.25, 0.3) is 0 Å². The van der Waals surface area contributed by atoms with Crippen molar-refractivity contribution in [3.8, 4) is 0 Å². The van der Waals surface area contributed by atoms with Crippen molar-refractivity contribution in [3.63, 3.8) is 0 Å². The van der Waals surface area contributed by atoms with Crippen molar-refractivity contribution in [2.75, 3.05) is 13.2 Å². The third-order valence-electron chi connectivity index (χ3n) is 3.80. The Hall–Kier alpha value is -0.610. The molecule has 0 amide bonds. The lowest BCUT2D eigenvalue weighted by molar-refractivity contribution is -0.143. The molecule has 1 atom stereocenters. The Labute approximate surface area is 104 Å². The second-order valence-electron chi connectivity index (χ2n) is 5.14. The fraction of sp³-hybridized carbons (Fsp3) is 0.923. The molecule has 4 nitrogen and oxygen atoms in total. The summed E-state index contributed by atoms with van der Waals surface area (Å²) >= 11 is 0. The molecule has 100 valence electrons. The molecule has 1 rings (SSSR count). The van der Waals surface area contributed by atoms with E-state index in [2.05, 4.69) is 0 Å². The van der Waals surface area contributed by atoms with Crippen molar-refractivity contribution in [2.24, 2.45) is 11.7 Å². The summed E-state index contributed by atoms with van der Waals surface area (Å²) in [6, 6.07) is 0. The Bertz CT molecular complexity index is 239. The van der Waals surface area contributed by atoms with Crippen LogP contribution < -0.4 is 5.73 Å². The highest BCUT2D eigenvalue weighted by molar-refractivity contribution is 5.78. The molecular weight excluding hydrogens is 218 g/mol. The Morgan fingerprint density at radius 2 is 2.12 bits per heavy atom. The minimum atomic E-state index is -1.07. The Morgan fingerprint density at radius 3 is 2.65 bits per heavy atom. The van der Waals surface area contributed by atoms with Gasteiger partial charge >= 0.3 is 5.97 Å². The Kier molecular flexibility index (Phi) is 5.92. The highest BCUT2D eigenvalue weighted by Gasteiger charge is 2.30. The average molecular weight is 243 g/mol. The van der Waals surface area contributed by atoms with E-state index >= 15 is 0 Å². The van der Waals surface area contributed by atoms with Crippen molar-refractivity contribution in [1.29, 1.82) is 0 Å². The third kappa shape index (κ3) is 4.64. The highest BCUT2D eigenvalue weighted by Crippen LogP contribution is 2.24. The molecule has 1 aliphatic rings. The summed E-state index contributed by atoms with van der Waals surface area (Å²) in [5.41, 5.74) is 4.72. The molecule has 0 aromatic rings. The molecule has 0 aliphatic heterocycles. The summed E-state index contributed by atoms with van der Waals surface area (Å²) in [6.07, 6.45) is 6.90. The number of carbonyl (C=O) groups is 1. The quantitative estimate of drug-likeness (QED) is 0.641. The second kappa shape index (κ2) is 6.97. The van der Waals surface area contributed by atoms with Gasteiger partial charge in [0.05, 0.1) is 0 Å². The molecule has 0 spiro atoms. The topological polar surface area (TPSA) is 72.5 Å². The summed E-state index contributed by atoms with van der Waals surface area (Å²) in [5, 5.41) is 9.00. The van der Waals surface area contributed by atoms with E-state index in [1.54, 1.807) is 0 Å². The van der Waals surface area contributed by atoms with Gasteiger partial charge in [0.25, 0.3) is 0 Å². The van der Waals surface area contributed by atoms with Gasteiger partial charge < -0.3 is 15.6 Å². The van der Waals surface area contributed by atoms with Gasteiger partial charge in [0.1, 0.15) is 5.54 Å². The molecule has 0 heterocycles. The predicted octanol–water partition coefficient (Wildman–Crippen LogP) is 2.17. The third-order valence-corrected chi connectivity index (χ3v) is 3.80. The molecule has 0 aromatic carbocycles. The van der Waals surface area contributed by atoms with Gasteiger partial charge in [0.2, 0.25) is 0 Å². The van der Waals surface area contributed by atoms with E-state index in [1.807, 2.05) is 6.92 Å². The van der Waals surface area contributed by atoms with Crippen molar-refractivity contribution in [1.82, 2.24) is 0 Å². The van der Waals surface area contributed by atoms with Crippen LogP contribution in [0.4, 0.5) is 0 Å². The number of carboxylic acid groups (broad SMARTS) is 1.